The number of carbonyl (C=O) groups is 4. The van der Waals surface area contributed by atoms with E-state index in [0.717, 1.165) is 21.6 Å². The van der Waals surface area contributed by atoms with Gasteiger partial charge in [0.1, 0.15) is 28.4 Å². The quantitative estimate of drug-likeness (QED) is 0.360. The molecule has 2 N–H and O–H groups in total. The average Bonchev–Trinajstić information content (AvgIpc) is 3.65. The molecule has 5 rings (SSSR count). The Bertz CT molecular complexity index is 2140. The number of allylic oxidation sites excluding steroid dienone is 1. The van der Waals surface area contributed by atoms with Gasteiger partial charge in [-0.05, 0) is 35.9 Å². The van der Waals surface area contributed by atoms with Crippen LogP contribution in [0.3, 0.4) is 0 Å². The van der Waals surface area contributed by atoms with Gasteiger partial charge in [-0.25, -0.2) is 0 Å². The average molecular weight is 645 g/mol. The summed E-state index contributed by atoms with van der Waals surface area (Å²) in [5.74, 6) is -2.29. The molecule has 17 heteroatoms. The number of benzene rings is 1. The Hall–Kier alpha value is -5.03. The highest BCUT2D eigenvalue weighted by atomic mass is 32.2. The number of oxazole rings is 1. The van der Waals surface area contributed by atoms with Crippen molar-refractivity contribution in [2.75, 3.05) is 25.6 Å². The summed E-state index contributed by atoms with van der Waals surface area (Å²) < 4.78 is 19.1. The van der Waals surface area contributed by atoms with Crippen molar-refractivity contribution < 1.29 is 43.3 Å². The summed E-state index contributed by atoms with van der Waals surface area (Å²) in [6.45, 7) is -0.0290. The molecule has 2 aliphatic rings. The van der Waals surface area contributed by atoms with Crippen LogP contribution in [-0.4, -0.2) is 68.0 Å². The number of carbonyl (C=O) groups excluding carboxylic acids is 2. The summed E-state index contributed by atoms with van der Waals surface area (Å²) >= 11 is 1.23. The first-order chi connectivity index (χ1) is 20.9. The van der Waals surface area contributed by atoms with E-state index < -0.39 is 63.2 Å². The monoisotopic (exact) mass is 644 g/mol. The Morgan fingerprint density at radius 3 is 2.39 bits per heavy atom. The molecule has 1 aromatic carbocycles. The number of aliphatic carboxylic acids is 2. The first-order valence-corrected chi connectivity index (χ1v) is 14.4. The number of thiazole rings is 1. The van der Waals surface area contributed by atoms with Crippen molar-refractivity contribution in [2.45, 2.75) is 19.9 Å². The number of hydrogen-bond acceptors (Lipinski definition) is 12. The lowest BCUT2D eigenvalue weighted by Gasteiger charge is -2.12. The zero-order valence-electron chi connectivity index (χ0n) is 23.6. The number of carboxylic acid groups (broad SMARTS) is 2. The Morgan fingerprint density at radius 1 is 1.05 bits per heavy atom. The van der Waals surface area contributed by atoms with Crippen LogP contribution in [-0.2, 0) is 28.0 Å². The fourth-order valence-corrected chi connectivity index (χ4v) is 6.58. The highest BCUT2D eigenvalue weighted by molar-refractivity contribution is 8.22. The SMILES string of the molecule is CCC(/C=C1\Oc2ccc(OC)cc2N1C)=c1\s/c(=c2/o/c(=C3/SC(=O)N(CC(=O)O)C3=O)n(CC(=O)O)c2=O)n(C)c1=O. The number of methoxy groups -OCH3 is 1. The lowest BCUT2D eigenvalue weighted by molar-refractivity contribution is -0.140. The molecule has 3 aromatic rings. The van der Waals surface area contributed by atoms with Crippen LogP contribution >= 0.6 is 23.1 Å². The van der Waals surface area contributed by atoms with Crippen LogP contribution in [0.5, 0.6) is 11.5 Å². The standard InChI is InChI=1S/C27H24N4O11S2/c1-5-12(8-16-28(2)14-9-13(40-4)6-7-15(14)41-16)20-23(37)29(3)26(43-20)19-22(36)30(10-17(32)33)25(42-19)21-24(38)31(11-18(34)35)27(39)44-21/h6-9H,5,10-11H2,1-4H3,(H,32,33)(H,34,35)/b16-8-,20-12+,25-21+,26-19+. The van der Waals surface area contributed by atoms with E-state index in [2.05, 4.69) is 0 Å². The van der Waals surface area contributed by atoms with Crippen LogP contribution in [0, 0.1) is 10.1 Å². The van der Waals surface area contributed by atoms with Crippen LogP contribution in [0.2, 0.25) is 0 Å². The molecule has 15 nitrogen and oxygen atoms in total. The van der Waals surface area contributed by atoms with Crippen LogP contribution in [0.4, 0.5) is 10.5 Å². The molecule has 2 amide bonds. The minimum absolute atomic E-state index is 0.0308. The number of fused-ring (bicyclic) bond motifs is 1. The Labute approximate surface area is 254 Å². The fraction of sp³-hybridized carbons (Fsp3) is 0.259. The number of anilines is 1. The van der Waals surface area contributed by atoms with Crippen molar-refractivity contribution in [1.29, 1.82) is 0 Å². The Kier molecular flexibility index (Phi) is 8.00. The summed E-state index contributed by atoms with van der Waals surface area (Å²) in [6.07, 6.45) is 2.10. The predicted molar refractivity (Wildman–Crippen MR) is 157 cm³/mol. The van der Waals surface area contributed by atoms with E-state index in [1.165, 1.54) is 7.05 Å². The van der Waals surface area contributed by atoms with E-state index >= 15 is 0 Å². The summed E-state index contributed by atoms with van der Waals surface area (Å²) in [6, 6.07) is 5.32. The molecule has 0 saturated carbocycles. The van der Waals surface area contributed by atoms with E-state index in [4.69, 9.17) is 19.0 Å². The van der Waals surface area contributed by atoms with Crippen molar-refractivity contribution in [2.24, 2.45) is 7.05 Å². The summed E-state index contributed by atoms with van der Waals surface area (Å²) in [5.41, 5.74) is -1.07. The molecule has 1 saturated heterocycles. The van der Waals surface area contributed by atoms with Crippen molar-refractivity contribution in [3.05, 3.63) is 71.0 Å². The van der Waals surface area contributed by atoms with E-state index in [1.807, 2.05) is 6.92 Å². The van der Waals surface area contributed by atoms with Gasteiger partial charge in [-0.1, -0.05) is 6.92 Å². The molecule has 0 aliphatic carbocycles. The second-order valence-electron chi connectivity index (χ2n) is 9.46. The summed E-state index contributed by atoms with van der Waals surface area (Å²) in [4.78, 5) is 76.6. The zero-order valence-corrected chi connectivity index (χ0v) is 25.2. The Morgan fingerprint density at radius 2 is 1.75 bits per heavy atom. The van der Waals surface area contributed by atoms with Gasteiger partial charge >= 0.3 is 11.9 Å². The van der Waals surface area contributed by atoms with Crippen LogP contribution in [0.25, 0.3) is 10.5 Å². The molecule has 0 spiro atoms. The maximum atomic E-state index is 13.5. The number of aromatic nitrogens is 2. The molecular formula is C27H24N4O11S2. The third-order valence-electron chi connectivity index (χ3n) is 6.75. The summed E-state index contributed by atoms with van der Waals surface area (Å²) in [5, 5.41) is 17.6. The third kappa shape index (κ3) is 5.19. The van der Waals surface area contributed by atoms with Gasteiger partial charge in [0, 0.05) is 26.2 Å². The minimum atomic E-state index is -1.45. The second kappa shape index (κ2) is 11.6. The number of ether oxygens (including phenoxy) is 2. The molecule has 0 radical (unpaired) electrons. The van der Waals surface area contributed by atoms with Crippen LogP contribution in [0.1, 0.15) is 13.3 Å². The van der Waals surface area contributed by atoms with E-state index in [-0.39, 0.29) is 9.20 Å². The molecule has 230 valence electrons. The highest BCUT2D eigenvalue weighted by Gasteiger charge is 2.39. The first kappa shape index (κ1) is 30.4. The predicted octanol–water partition coefficient (Wildman–Crippen LogP) is 0.401. The molecule has 1 fully saturated rings. The maximum absolute atomic E-state index is 13.5. The lowest BCUT2D eigenvalue weighted by atomic mass is 10.2. The largest absolute Gasteiger partial charge is 0.497 e. The van der Waals surface area contributed by atoms with E-state index in [1.54, 1.807) is 43.3 Å². The first-order valence-electron chi connectivity index (χ1n) is 12.8. The molecule has 4 heterocycles. The van der Waals surface area contributed by atoms with Gasteiger partial charge in [0.05, 0.1) is 17.3 Å². The fourth-order valence-electron chi connectivity index (χ4n) is 4.52. The lowest BCUT2D eigenvalue weighted by Crippen LogP contribution is -2.36. The van der Waals surface area contributed by atoms with E-state index in [0.29, 0.717) is 50.6 Å². The molecule has 0 atom stereocenters. The molecule has 0 unspecified atom stereocenters. The zero-order chi connectivity index (χ0) is 32.0. The third-order valence-corrected chi connectivity index (χ3v) is 8.99. The number of imide groups is 1. The van der Waals surface area contributed by atoms with Gasteiger partial charge in [-0.15, -0.1) is 11.3 Å². The van der Waals surface area contributed by atoms with E-state index in [9.17, 15) is 33.9 Å². The number of thioether (sulfide) groups is 1. The topological polar surface area (TPSA) is 191 Å². The molecule has 44 heavy (non-hydrogen) atoms. The van der Waals surface area contributed by atoms with Crippen LogP contribution in [0.15, 0.2) is 44.2 Å². The van der Waals surface area contributed by atoms with Crippen molar-refractivity contribution in [1.82, 2.24) is 14.0 Å². The van der Waals surface area contributed by atoms with Crippen molar-refractivity contribution in [3.63, 3.8) is 0 Å². The van der Waals surface area contributed by atoms with Crippen molar-refractivity contribution >= 4 is 62.3 Å². The minimum Gasteiger partial charge on any atom is -0.497 e. The molecule has 0 bridgehead atoms. The summed E-state index contributed by atoms with van der Waals surface area (Å²) in [7, 11) is 4.75. The Balaban J connectivity index is 1.75. The molecule has 2 aliphatic heterocycles. The molecule has 2 aromatic heterocycles. The number of amides is 2. The van der Waals surface area contributed by atoms with Gasteiger partial charge < -0.3 is 29.0 Å². The number of carboxylic acids is 2. The molecular weight excluding hydrogens is 620 g/mol. The maximum Gasteiger partial charge on any atom is 0.323 e. The van der Waals surface area contributed by atoms with Gasteiger partial charge in [0.25, 0.3) is 22.3 Å². The highest BCUT2D eigenvalue weighted by Crippen LogP contribution is 2.40. The van der Waals surface area contributed by atoms with Gasteiger partial charge in [0.2, 0.25) is 16.8 Å². The van der Waals surface area contributed by atoms with Gasteiger partial charge in [-0.3, -0.25) is 42.8 Å². The number of hydrogen-bond donors (Lipinski definition) is 2. The van der Waals surface area contributed by atoms with Gasteiger partial charge in [0.15, 0.2) is 5.75 Å². The number of nitrogens with zero attached hydrogens (tertiary/aromatic N) is 4. The second-order valence-corrected chi connectivity index (χ2v) is 11.4. The van der Waals surface area contributed by atoms with Crippen molar-refractivity contribution in [3.8, 4) is 11.5 Å². The normalized spacial score (nSPS) is 18.1. The number of rotatable bonds is 7. The van der Waals surface area contributed by atoms with Crippen LogP contribution < -0.4 is 35.6 Å². The smallest absolute Gasteiger partial charge is 0.323 e. The van der Waals surface area contributed by atoms with Gasteiger partial charge in [-0.2, -0.15) is 0 Å².